The normalized spacial score (nSPS) is 11.0. The van der Waals surface area contributed by atoms with E-state index in [4.69, 9.17) is 14.6 Å². The van der Waals surface area contributed by atoms with Gasteiger partial charge in [0.25, 0.3) is 0 Å². The average Bonchev–Trinajstić information content (AvgIpc) is 2.53. The zero-order valence-electron chi connectivity index (χ0n) is 14.1. The van der Waals surface area contributed by atoms with Gasteiger partial charge in [0, 0.05) is 5.56 Å². The molecular formula is C19H20O5. The summed E-state index contributed by atoms with van der Waals surface area (Å²) in [6.07, 6.45) is -1.40. The molecule has 0 fully saturated rings. The summed E-state index contributed by atoms with van der Waals surface area (Å²) >= 11 is 0. The van der Waals surface area contributed by atoms with E-state index in [0.29, 0.717) is 16.7 Å². The molecule has 5 heteroatoms. The van der Waals surface area contributed by atoms with Crippen molar-refractivity contribution in [2.45, 2.75) is 26.2 Å². The number of carbonyl (C=O) groups is 2. The van der Waals surface area contributed by atoms with Crippen LogP contribution in [-0.4, -0.2) is 24.3 Å². The van der Waals surface area contributed by atoms with Gasteiger partial charge in [0.05, 0.1) is 12.7 Å². The fourth-order valence-corrected chi connectivity index (χ4v) is 2.71. The number of ether oxygens (including phenoxy) is 2. The molecule has 0 aliphatic heterocycles. The summed E-state index contributed by atoms with van der Waals surface area (Å²) in [5, 5.41) is 9.04. The number of benzene rings is 2. The minimum absolute atomic E-state index is 0.186. The van der Waals surface area contributed by atoms with Crippen LogP contribution in [0.1, 0.15) is 36.7 Å². The van der Waals surface area contributed by atoms with Gasteiger partial charge in [0.2, 0.25) is 0 Å². The molecule has 0 amide bonds. The van der Waals surface area contributed by atoms with Gasteiger partial charge in [-0.15, -0.1) is 0 Å². The van der Waals surface area contributed by atoms with Crippen molar-refractivity contribution in [3.8, 4) is 16.9 Å². The van der Waals surface area contributed by atoms with E-state index in [2.05, 4.69) is 0 Å². The second-order valence-corrected chi connectivity index (χ2v) is 6.34. The van der Waals surface area contributed by atoms with Gasteiger partial charge in [-0.2, -0.15) is 0 Å². The highest BCUT2D eigenvalue weighted by Gasteiger charge is 2.29. The van der Waals surface area contributed by atoms with Gasteiger partial charge in [-0.3, -0.25) is 0 Å². The standard InChI is InChI=1S/C19H20O5/c1-19(2,3)16-13(17(20)23-4)10-11-14(24-18(21)22)15(16)12-8-6-5-7-9-12/h5-11H,1-4H3,(H,21,22). The molecule has 2 rings (SSSR count). The van der Waals surface area contributed by atoms with Crippen LogP contribution in [0.2, 0.25) is 0 Å². The van der Waals surface area contributed by atoms with Crippen molar-refractivity contribution in [2.75, 3.05) is 7.11 Å². The van der Waals surface area contributed by atoms with Crippen molar-refractivity contribution >= 4 is 12.1 Å². The minimum atomic E-state index is -1.40. The lowest BCUT2D eigenvalue weighted by molar-refractivity contribution is 0.0598. The van der Waals surface area contributed by atoms with E-state index in [0.717, 1.165) is 5.56 Å². The van der Waals surface area contributed by atoms with E-state index in [-0.39, 0.29) is 5.75 Å². The topological polar surface area (TPSA) is 72.8 Å². The number of carbonyl (C=O) groups excluding carboxylic acids is 1. The van der Waals surface area contributed by atoms with Gasteiger partial charge >= 0.3 is 12.1 Å². The lowest BCUT2D eigenvalue weighted by atomic mass is 9.78. The van der Waals surface area contributed by atoms with Crippen molar-refractivity contribution < 1.29 is 24.2 Å². The molecule has 0 heterocycles. The summed E-state index contributed by atoms with van der Waals surface area (Å²) in [5.74, 6) is -0.287. The Hall–Kier alpha value is -2.82. The summed E-state index contributed by atoms with van der Waals surface area (Å²) in [5.41, 5.74) is 1.98. The molecule has 126 valence electrons. The summed E-state index contributed by atoms with van der Waals surface area (Å²) in [4.78, 5) is 23.3. The molecule has 0 atom stereocenters. The Morgan fingerprint density at radius 1 is 1.00 bits per heavy atom. The molecule has 0 aliphatic carbocycles. The van der Waals surface area contributed by atoms with Gasteiger partial charge < -0.3 is 14.6 Å². The van der Waals surface area contributed by atoms with Crippen LogP contribution in [-0.2, 0) is 10.2 Å². The highest BCUT2D eigenvalue weighted by molar-refractivity contribution is 5.95. The molecule has 5 nitrogen and oxygen atoms in total. The number of hydrogen-bond acceptors (Lipinski definition) is 4. The summed E-state index contributed by atoms with van der Waals surface area (Å²) < 4.78 is 9.86. The van der Waals surface area contributed by atoms with Gasteiger partial charge in [-0.1, -0.05) is 51.1 Å². The molecule has 0 aliphatic rings. The van der Waals surface area contributed by atoms with Crippen LogP contribution in [0.3, 0.4) is 0 Å². The molecule has 2 aromatic rings. The van der Waals surface area contributed by atoms with E-state index in [1.807, 2.05) is 51.1 Å². The molecule has 0 bridgehead atoms. The third-order valence-corrected chi connectivity index (χ3v) is 3.58. The Morgan fingerprint density at radius 2 is 1.62 bits per heavy atom. The number of methoxy groups -OCH3 is 1. The molecule has 0 unspecified atom stereocenters. The number of esters is 1. The Bertz CT molecular complexity index is 757. The number of rotatable bonds is 3. The molecule has 1 N–H and O–H groups in total. The first-order valence-corrected chi connectivity index (χ1v) is 7.47. The second kappa shape index (κ2) is 6.74. The van der Waals surface area contributed by atoms with Crippen molar-refractivity contribution in [3.63, 3.8) is 0 Å². The van der Waals surface area contributed by atoms with E-state index in [9.17, 15) is 9.59 Å². The molecule has 0 radical (unpaired) electrons. The maximum Gasteiger partial charge on any atom is 0.511 e. The maximum atomic E-state index is 12.2. The van der Waals surface area contributed by atoms with Gasteiger partial charge in [0.15, 0.2) is 0 Å². The fourth-order valence-electron chi connectivity index (χ4n) is 2.71. The van der Waals surface area contributed by atoms with Crippen LogP contribution in [0.4, 0.5) is 4.79 Å². The Morgan fingerprint density at radius 3 is 2.12 bits per heavy atom. The third-order valence-electron chi connectivity index (χ3n) is 3.58. The fraction of sp³-hybridized carbons (Fsp3) is 0.263. The predicted molar refractivity (Wildman–Crippen MR) is 90.6 cm³/mol. The van der Waals surface area contributed by atoms with Crippen LogP contribution >= 0.6 is 0 Å². The summed E-state index contributed by atoms with van der Waals surface area (Å²) in [7, 11) is 1.32. The third kappa shape index (κ3) is 3.56. The molecule has 0 saturated heterocycles. The Kier molecular flexibility index (Phi) is 4.93. The first kappa shape index (κ1) is 17.5. The number of hydrogen-bond donors (Lipinski definition) is 1. The molecule has 0 spiro atoms. The molecule has 0 aromatic heterocycles. The highest BCUT2D eigenvalue weighted by atomic mass is 16.7. The maximum absolute atomic E-state index is 12.2. The molecule has 2 aromatic carbocycles. The van der Waals surface area contributed by atoms with Crippen LogP contribution in [0.15, 0.2) is 42.5 Å². The van der Waals surface area contributed by atoms with Gasteiger partial charge in [-0.05, 0) is 28.7 Å². The highest BCUT2D eigenvalue weighted by Crippen LogP contribution is 2.42. The average molecular weight is 328 g/mol. The number of carboxylic acid groups (broad SMARTS) is 1. The monoisotopic (exact) mass is 328 g/mol. The van der Waals surface area contributed by atoms with E-state index < -0.39 is 17.5 Å². The Balaban J connectivity index is 2.87. The van der Waals surface area contributed by atoms with Gasteiger partial charge in [0.1, 0.15) is 5.75 Å². The molecule has 24 heavy (non-hydrogen) atoms. The molecular weight excluding hydrogens is 308 g/mol. The Labute approximate surface area is 140 Å². The van der Waals surface area contributed by atoms with E-state index in [1.165, 1.54) is 19.2 Å². The van der Waals surface area contributed by atoms with Crippen molar-refractivity contribution in [2.24, 2.45) is 0 Å². The van der Waals surface area contributed by atoms with Gasteiger partial charge in [-0.25, -0.2) is 9.59 Å². The van der Waals surface area contributed by atoms with Crippen molar-refractivity contribution in [3.05, 3.63) is 53.6 Å². The zero-order valence-corrected chi connectivity index (χ0v) is 14.1. The first-order chi connectivity index (χ1) is 11.3. The van der Waals surface area contributed by atoms with Crippen molar-refractivity contribution in [1.29, 1.82) is 0 Å². The lowest BCUT2D eigenvalue weighted by Crippen LogP contribution is -2.20. The zero-order chi connectivity index (χ0) is 17.9. The summed E-state index contributed by atoms with van der Waals surface area (Å²) in [6, 6.07) is 12.3. The van der Waals surface area contributed by atoms with Crippen LogP contribution in [0.25, 0.3) is 11.1 Å². The SMILES string of the molecule is COC(=O)c1ccc(OC(=O)O)c(-c2ccccc2)c1C(C)(C)C. The van der Waals surface area contributed by atoms with Crippen LogP contribution < -0.4 is 4.74 Å². The first-order valence-electron chi connectivity index (χ1n) is 7.47. The minimum Gasteiger partial charge on any atom is -0.465 e. The quantitative estimate of drug-likeness (QED) is 0.663. The summed E-state index contributed by atoms with van der Waals surface area (Å²) in [6.45, 7) is 5.85. The van der Waals surface area contributed by atoms with E-state index in [1.54, 1.807) is 0 Å². The van der Waals surface area contributed by atoms with Crippen LogP contribution in [0, 0.1) is 0 Å². The second-order valence-electron chi connectivity index (χ2n) is 6.34. The van der Waals surface area contributed by atoms with Crippen LogP contribution in [0.5, 0.6) is 5.75 Å². The van der Waals surface area contributed by atoms with Crippen molar-refractivity contribution in [1.82, 2.24) is 0 Å². The largest absolute Gasteiger partial charge is 0.511 e. The predicted octanol–water partition coefficient (Wildman–Crippen LogP) is 4.49. The molecule has 0 saturated carbocycles. The van der Waals surface area contributed by atoms with E-state index >= 15 is 0 Å². The lowest BCUT2D eigenvalue weighted by Gasteiger charge is -2.27. The smallest absolute Gasteiger partial charge is 0.465 e.